The maximum absolute atomic E-state index is 12.5. The number of nitrogens with one attached hydrogen (secondary N) is 2. The Bertz CT molecular complexity index is 1000. The molecule has 0 saturated heterocycles. The molecule has 0 fully saturated rings. The largest absolute Gasteiger partial charge is 0.484 e. The molecule has 8 nitrogen and oxygen atoms in total. The summed E-state index contributed by atoms with van der Waals surface area (Å²) >= 11 is 0. The molecule has 0 saturated carbocycles. The lowest BCUT2D eigenvalue weighted by Gasteiger charge is -2.18. The predicted molar refractivity (Wildman–Crippen MR) is 121 cm³/mol. The molecule has 0 aliphatic carbocycles. The fourth-order valence-electron chi connectivity index (χ4n) is 2.72. The molecule has 0 bridgehead atoms. The first-order valence-electron chi connectivity index (χ1n) is 10.1. The van der Waals surface area contributed by atoms with Crippen molar-refractivity contribution in [3.63, 3.8) is 0 Å². The molecule has 0 radical (unpaired) electrons. The van der Waals surface area contributed by atoms with Gasteiger partial charge < -0.3 is 15.4 Å². The number of amides is 2. The van der Waals surface area contributed by atoms with E-state index in [2.05, 4.69) is 10.6 Å². The van der Waals surface area contributed by atoms with Crippen molar-refractivity contribution in [1.82, 2.24) is 4.31 Å². The molecule has 0 unspecified atom stereocenters. The van der Waals surface area contributed by atoms with Crippen LogP contribution in [0.3, 0.4) is 0 Å². The quantitative estimate of drug-likeness (QED) is 0.581. The summed E-state index contributed by atoms with van der Waals surface area (Å²) in [6, 6.07) is 12.8. The number of carbonyl (C=O) groups is 2. The van der Waals surface area contributed by atoms with E-state index in [1.807, 2.05) is 0 Å². The Morgan fingerprint density at radius 3 is 2.19 bits per heavy atom. The van der Waals surface area contributed by atoms with Crippen molar-refractivity contribution in [2.75, 3.05) is 30.3 Å². The van der Waals surface area contributed by atoms with E-state index < -0.39 is 15.9 Å². The fraction of sp³-hybridized carbons (Fsp3) is 0.364. The minimum absolute atomic E-state index is 0.110. The Morgan fingerprint density at radius 1 is 0.968 bits per heavy atom. The molecular formula is C22H29N3O5S. The number of hydrogen-bond donors (Lipinski definition) is 2. The van der Waals surface area contributed by atoms with Crippen LogP contribution in [-0.4, -0.2) is 44.2 Å². The van der Waals surface area contributed by atoms with Crippen molar-refractivity contribution in [3.05, 3.63) is 48.5 Å². The number of carbonyl (C=O) groups excluding carboxylic acids is 2. The molecule has 2 aromatic rings. The highest BCUT2D eigenvalue weighted by Crippen LogP contribution is 2.20. The van der Waals surface area contributed by atoms with E-state index in [0.29, 0.717) is 30.2 Å². The van der Waals surface area contributed by atoms with Crippen LogP contribution in [0.25, 0.3) is 0 Å². The Balaban J connectivity index is 1.94. The molecule has 0 spiro atoms. The average Bonchev–Trinajstić information content (AvgIpc) is 2.73. The van der Waals surface area contributed by atoms with E-state index in [1.165, 1.54) is 28.6 Å². The molecule has 31 heavy (non-hydrogen) atoms. The second-order valence-electron chi connectivity index (χ2n) is 7.12. The lowest BCUT2D eigenvalue weighted by molar-refractivity contribution is -0.119. The van der Waals surface area contributed by atoms with Gasteiger partial charge >= 0.3 is 0 Å². The van der Waals surface area contributed by atoms with E-state index in [4.69, 9.17) is 4.74 Å². The van der Waals surface area contributed by atoms with Gasteiger partial charge in [-0.15, -0.1) is 0 Å². The molecule has 0 atom stereocenters. The summed E-state index contributed by atoms with van der Waals surface area (Å²) in [7, 11) is -3.54. The van der Waals surface area contributed by atoms with Crippen molar-refractivity contribution in [2.45, 2.75) is 32.6 Å². The molecule has 0 aliphatic heterocycles. The topological polar surface area (TPSA) is 105 Å². The van der Waals surface area contributed by atoms with Crippen LogP contribution in [0, 0.1) is 5.92 Å². The Morgan fingerprint density at radius 2 is 1.61 bits per heavy atom. The first kappa shape index (κ1) is 24.4. The standard InChI is InChI=1S/C22H29N3O5S/c1-5-25(6-2)31(28,29)20-12-10-17(11-13-20)23-21(26)15-30-19-9-7-8-18(14-19)24-22(27)16(3)4/h7-14,16H,5-6,15H2,1-4H3,(H,23,26)(H,24,27). The third kappa shape index (κ3) is 6.80. The first-order chi connectivity index (χ1) is 14.7. The van der Waals surface area contributed by atoms with Crippen molar-refractivity contribution >= 4 is 33.2 Å². The van der Waals surface area contributed by atoms with Crippen LogP contribution in [-0.2, 0) is 19.6 Å². The number of sulfonamides is 1. The number of nitrogens with zero attached hydrogens (tertiary/aromatic N) is 1. The Kier molecular flexibility index (Phi) is 8.58. The van der Waals surface area contributed by atoms with E-state index in [9.17, 15) is 18.0 Å². The summed E-state index contributed by atoms with van der Waals surface area (Å²) in [6.45, 7) is 7.69. The minimum Gasteiger partial charge on any atom is -0.484 e. The van der Waals surface area contributed by atoms with E-state index >= 15 is 0 Å². The second-order valence-corrected chi connectivity index (χ2v) is 9.06. The molecule has 9 heteroatoms. The number of ether oxygens (including phenoxy) is 1. The van der Waals surface area contributed by atoms with E-state index in [0.717, 1.165) is 0 Å². The number of rotatable bonds is 10. The van der Waals surface area contributed by atoms with Gasteiger partial charge in [-0.2, -0.15) is 4.31 Å². The summed E-state index contributed by atoms with van der Waals surface area (Å²) < 4.78 is 31.9. The highest BCUT2D eigenvalue weighted by Gasteiger charge is 2.21. The van der Waals surface area contributed by atoms with Crippen LogP contribution in [0.1, 0.15) is 27.7 Å². The summed E-state index contributed by atoms with van der Waals surface area (Å²) in [6.07, 6.45) is 0. The molecule has 2 N–H and O–H groups in total. The van der Waals surface area contributed by atoms with Crippen LogP contribution in [0.15, 0.2) is 53.4 Å². The van der Waals surface area contributed by atoms with Gasteiger partial charge in [0.05, 0.1) is 4.90 Å². The molecule has 0 heterocycles. The fourth-order valence-corrected chi connectivity index (χ4v) is 4.18. The minimum atomic E-state index is -3.54. The maximum atomic E-state index is 12.5. The summed E-state index contributed by atoms with van der Waals surface area (Å²) in [5, 5.41) is 5.44. The predicted octanol–water partition coefficient (Wildman–Crippen LogP) is 3.33. The zero-order valence-electron chi connectivity index (χ0n) is 18.2. The van der Waals surface area contributed by atoms with Crippen molar-refractivity contribution in [1.29, 1.82) is 0 Å². The zero-order valence-corrected chi connectivity index (χ0v) is 19.0. The molecule has 168 valence electrons. The number of benzene rings is 2. The summed E-state index contributed by atoms with van der Waals surface area (Å²) in [5.41, 5.74) is 1.05. The molecule has 0 aliphatic rings. The van der Waals surface area contributed by atoms with Crippen LogP contribution >= 0.6 is 0 Å². The third-order valence-corrected chi connectivity index (χ3v) is 6.54. The van der Waals surface area contributed by atoms with Gasteiger partial charge in [-0.1, -0.05) is 33.8 Å². The molecule has 0 aromatic heterocycles. The lowest BCUT2D eigenvalue weighted by Crippen LogP contribution is -2.30. The Hall–Kier alpha value is -2.91. The highest BCUT2D eigenvalue weighted by molar-refractivity contribution is 7.89. The van der Waals surface area contributed by atoms with Crippen LogP contribution in [0.4, 0.5) is 11.4 Å². The van der Waals surface area contributed by atoms with Gasteiger partial charge in [0.1, 0.15) is 5.75 Å². The lowest BCUT2D eigenvalue weighted by atomic mass is 10.2. The SMILES string of the molecule is CCN(CC)S(=O)(=O)c1ccc(NC(=O)COc2cccc(NC(=O)C(C)C)c2)cc1. The van der Waals surface area contributed by atoms with Gasteiger partial charge in [-0.05, 0) is 36.4 Å². The summed E-state index contributed by atoms with van der Waals surface area (Å²) in [4.78, 5) is 24.2. The van der Waals surface area contributed by atoms with Gasteiger partial charge in [0, 0.05) is 36.4 Å². The zero-order chi connectivity index (χ0) is 23.0. The van der Waals surface area contributed by atoms with Crippen molar-refractivity contribution in [2.24, 2.45) is 5.92 Å². The molecule has 2 amide bonds. The van der Waals surface area contributed by atoms with Gasteiger partial charge in [0.25, 0.3) is 5.91 Å². The normalized spacial score (nSPS) is 11.4. The monoisotopic (exact) mass is 447 g/mol. The van der Waals surface area contributed by atoms with Crippen molar-refractivity contribution in [3.8, 4) is 5.75 Å². The number of anilines is 2. The number of hydrogen-bond acceptors (Lipinski definition) is 5. The van der Waals surface area contributed by atoms with Gasteiger partial charge in [0.2, 0.25) is 15.9 Å². The molecular weight excluding hydrogens is 418 g/mol. The van der Waals surface area contributed by atoms with Crippen molar-refractivity contribution < 1.29 is 22.7 Å². The Labute approximate surface area is 183 Å². The third-order valence-electron chi connectivity index (χ3n) is 4.48. The van der Waals surface area contributed by atoms with Crippen LogP contribution in [0.2, 0.25) is 0 Å². The van der Waals surface area contributed by atoms with Gasteiger partial charge in [0.15, 0.2) is 6.61 Å². The summed E-state index contributed by atoms with van der Waals surface area (Å²) in [5.74, 6) is -0.210. The first-order valence-corrected chi connectivity index (χ1v) is 11.5. The maximum Gasteiger partial charge on any atom is 0.262 e. The smallest absolute Gasteiger partial charge is 0.262 e. The van der Waals surface area contributed by atoms with Crippen LogP contribution in [0.5, 0.6) is 5.75 Å². The van der Waals surface area contributed by atoms with Gasteiger partial charge in [-0.25, -0.2) is 8.42 Å². The van der Waals surface area contributed by atoms with Gasteiger partial charge in [-0.3, -0.25) is 9.59 Å². The average molecular weight is 448 g/mol. The van der Waals surface area contributed by atoms with Crippen LogP contribution < -0.4 is 15.4 Å². The van der Waals surface area contributed by atoms with E-state index in [1.54, 1.807) is 52.0 Å². The molecule has 2 aromatic carbocycles. The van der Waals surface area contributed by atoms with E-state index in [-0.39, 0.29) is 23.3 Å². The highest BCUT2D eigenvalue weighted by atomic mass is 32.2. The molecule has 2 rings (SSSR count). The second kappa shape index (κ2) is 10.9.